The molecule has 28 heavy (non-hydrogen) atoms. The van der Waals surface area contributed by atoms with Crippen molar-refractivity contribution in [3.8, 4) is 0 Å². The summed E-state index contributed by atoms with van der Waals surface area (Å²) in [5, 5.41) is 0. The van der Waals surface area contributed by atoms with E-state index in [-0.39, 0.29) is 0 Å². The quantitative estimate of drug-likeness (QED) is 0.429. The van der Waals surface area contributed by atoms with Crippen LogP contribution in [0.4, 0.5) is 0 Å². The minimum Gasteiger partial charge on any atom is -0.371 e. The molecule has 164 valence electrons. The fourth-order valence-electron chi connectivity index (χ4n) is 3.98. The molecule has 0 aromatic heterocycles. The van der Waals surface area contributed by atoms with Crippen LogP contribution >= 0.6 is 0 Å². The molecule has 0 radical (unpaired) electrons. The topological polar surface area (TPSA) is 40.7 Å². The Morgan fingerprint density at radius 2 is 1.14 bits per heavy atom. The van der Waals surface area contributed by atoms with Gasteiger partial charge in [0.1, 0.15) is 0 Å². The standard InChI is InChI=1S/C19H42N4O3Si2/c1-6-24-28(25-7-2,26-8-3)18-17-27-19(22-13-9-20(4)10-14-22)23-15-11-21(5)12-16-23/h17-19H,6-16,27H2,1-5H3. The van der Waals surface area contributed by atoms with Gasteiger partial charge in [0.15, 0.2) is 0 Å². The van der Waals surface area contributed by atoms with Crippen molar-refractivity contribution in [3.63, 3.8) is 0 Å². The molecule has 0 saturated carbocycles. The zero-order chi connectivity index (χ0) is 20.4. The summed E-state index contributed by atoms with van der Waals surface area (Å²) in [6.07, 6.45) is 0. The smallest absolute Gasteiger partial charge is 0.371 e. The van der Waals surface area contributed by atoms with Gasteiger partial charge in [-0.05, 0) is 40.6 Å². The summed E-state index contributed by atoms with van der Waals surface area (Å²) in [6.45, 7) is 17.2. The molecule has 2 rings (SSSR count). The van der Waals surface area contributed by atoms with Crippen molar-refractivity contribution in [1.29, 1.82) is 0 Å². The summed E-state index contributed by atoms with van der Waals surface area (Å²) in [5.41, 5.74) is 4.57. The maximum Gasteiger partial charge on any atom is 0.528 e. The highest BCUT2D eigenvalue weighted by molar-refractivity contribution is 6.67. The summed E-state index contributed by atoms with van der Waals surface area (Å²) in [5.74, 6) is 0.579. The van der Waals surface area contributed by atoms with Crippen LogP contribution in [-0.4, -0.2) is 130 Å². The lowest BCUT2D eigenvalue weighted by Gasteiger charge is -2.45. The number of hydrogen-bond donors (Lipinski definition) is 0. The first-order valence-corrected chi connectivity index (χ1v) is 14.4. The highest BCUT2D eigenvalue weighted by atomic mass is 28.4. The Morgan fingerprint density at radius 3 is 1.50 bits per heavy atom. The molecular weight excluding hydrogens is 388 g/mol. The van der Waals surface area contributed by atoms with E-state index < -0.39 is 18.3 Å². The first-order valence-electron chi connectivity index (χ1n) is 11.0. The maximum atomic E-state index is 6.00. The van der Waals surface area contributed by atoms with Crippen LogP contribution in [0.2, 0.25) is 0 Å². The van der Waals surface area contributed by atoms with Gasteiger partial charge in [-0.2, -0.15) is 0 Å². The second-order valence-electron chi connectivity index (χ2n) is 7.70. The van der Waals surface area contributed by atoms with E-state index in [1.54, 1.807) is 0 Å². The SMILES string of the molecule is CCO[Si](C=C[SiH2]C(N1CCN(C)CC1)N1CCN(C)CC1)(OCC)OCC. The van der Waals surface area contributed by atoms with Crippen LogP contribution < -0.4 is 0 Å². The number of piperazine rings is 2. The lowest BCUT2D eigenvalue weighted by atomic mass is 10.3. The van der Waals surface area contributed by atoms with Gasteiger partial charge >= 0.3 is 8.80 Å². The number of nitrogens with zero attached hydrogens (tertiary/aromatic N) is 4. The molecule has 0 atom stereocenters. The highest BCUT2D eigenvalue weighted by Gasteiger charge is 2.37. The molecule has 2 aliphatic rings. The molecule has 0 aliphatic carbocycles. The van der Waals surface area contributed by atoms with Crippen LogP contribution in [0.25, 0.3) is 0 Å². The Kier molecular flexibility index (Phi) is 10.8. The zero-order valence-electron chi connectivity index (χ0n) is 18.7. The second-order valence-corrected chi connectivity index (χ2v) is 11.8. The van der Waals surface area contributed by atoms with E-state index in [2.05, 4.69) is 45.1 Å². The van der Waals surface area contributed by atoms with Gasteiger partial charge in [0.2, 0.25) is 0 Å². The first-order chi connectivity index (χ1) is 13.5. The van der Waals surface area contributed by atoms with Crippen molar-refractivity contribution < 1.29 is 13.3 Å². The van der Waals surface area contributed by atoms with Crippen LogP contribution in [0.5, 0.6) is 0 Å². The van der Waals surface area contributed by atoms with E-state index in [0.29, 0.717) is 25.6 Å². The van der Waals surface area contributed by atoms with Crippen LogP contribution in [0.1, 0.15) is 20.8 Å². The third kappa shape index (κ3) is 7.30. The molecule has 0 N–H and O–H groups in total. The average Bonchev–Trinajstić information content (AvgIpc) is 2.68. The summed E-state index contributed by atoms with van der Waals surface area (Å²) >= 11 is 0. The predicted octanol–water partition coefficient (Wildman–Crippen LogP) is 0.0349. The molecule has 0 spiro atoms. The fraction of sp³-hybridized carbons (Fsp3) is 0.895. The molecule has 2 heterocycles. The number of likely N-dealkylation sites (N-methyl/N-ethyl adjacent to an activating group) is 2. The summed E-state index contributed by atoms with van der Waals surface area (Å²) in [4.78, 5) is 10.3. The average molecular weight is 431 g/mol. The van der Waals surface area contributed by atoms with Gasteiger partial charge in [-0.3, -0.25) is 9.80 Å². The van der Waals surface area contributed by atoms with E-state index in [0.717, 1.165) is 26.2 Å². The van der Waals surface area contributed by atoms with Gasteiger partial charge in [-0.1, -0.05) is 5.70 Å². The Bertz CT molecular complexity index is 417. The minimum absolute atomic E-state index is 0.500. The number of rotatable bonds is 11. The first kappa shape index (κ1) is 24.2. The van der Waals surface area contributed by atoms with Crippen molar-refractivity contribution >= 4 is 18.3 Å². The monoisotopic (exact) mass is 430 g/mol. The summed E-state index contributed by atoms with van der Waals surface area (Å²) < 4.78 is 18.0. The minimum atomic E-state index is -2.68. The van der Waals surface area contributed by atoms with Gasteiger partial charge in [0.05, 0.1) is 9.52 Å². The molecule has 0 amide bonds. The molecule has 2 fully saturated rings. The van der Waals surface area contributed by atoms with E-state index >= 15 is 0 Å². The van der Waals surface area contributed by atoms with Gasteiger partial charge in [0, 0.05) is 78.0 Å². The molecule has 0 unspecified atom stereocenters. The molecule has 0 bridgehead atoms. The van der Waals surface area contributed by atoms with E-state index in [1.165, 1.54) is 26.2 Å². The molecule has 2 saturated heterocycles. The van der Waals surface area contributed by atoms with Gasteiger partial charge < -0.3 is 23.1 Å². The molecular formula is C19H42N4O3Si2. The van der Waals surface area contributed by atoms with E-state index in [9.17, 15) is 0 Å². The lowest BCUT2D eigenvalue weighted by Crippen LogP contribution is -2.61. The predicted molar refractivity (Wildman–Crippen MR) is 120 cm³/mol. The molecule has 0 aromatic carbocycles. The normalized spacial score (nSPS) is 22.4. The van der Waals surface area contributed by atoms with E-state index in [1.807, 2.05) is 20.8 Å². The van der Waals surface area contributed by atoms with Crippen LogP contribution in [0.15, 0.2) is 11.4 Å². The lowest BCUT2D eigenvalue weighted by molar-refractivity contribution is 0.0318. The van der Waals surface area contributed by atoms with Crippen molar-refractivity contribution in [3.05, 3.63) is 11.4 Å². The maximum absolute atomic E-state index is 6.00. The highest BCUT2D eigenvalue weighted by Crippen LogP contribution is 2.15. The Balaban J connectivity index is 2.08. The van der Waals surface area contributed by atoms with Crippen molar-refractivity contribution in [2.75, 3.05) is 86.3 Å². The van der Waals surface area contributed by atoms with Crippen molar-refractivity contribution in [1.82, 2.24) is 19.6 Å². The molecule has 9 heteroatoms. The van der Waals surface area contributed by atoms with Crippen LogP contribution in [0, 0.1) is 0 Å². The Hall–Kier alpha value is -0.106. The third-order valence-electron chi connectivity index (χ3n) is 5.62. The molecule has 7 nitrogen and oxygen atoms in total. The third-order valence-corrected chi connectivity index (χ3v) is 10.8. The number of hydrogen-bond acceptors (Lipinski definition) is 7. The zero-order valence-corrected chi connectivity index (χ0v) is 21.1. The summed E-state index contributed by atoms with van der Waals surface area (Å²) in [7, 11) is 1.27. The van der Waals surface area contributed by atoms with Crippen molar-refractivity contribution in [2.45, 2.75) is 26.6 Å². The van der Waals surface area contributed by atoms with E-state index in [4.69, 9.17) is 13.3 Å². The van der Waals surface area contributed by atoms with Crippen molar-refractivity contribution in [2.24, 2.45) is 0 Å². The second kappa shape index (κ2) is 12.6. The van der Waals surface area contributed by atoms with Crippen LogP contribution in [0.3, 0.4) is 0 Å². The molecule has 2 aliphatic heterocycles. The summed E-state index contributed by atoms with van der Waals surface area (Å²) in [6, 6.07) is 0. The van der Waals surface area contributed by atoms with Gasteiger partial charge in [-0.25, -0.2) is 0 Å². The van der Waals surface area contributed by atoms with Crippen LogP contribution in [-0.2, 0) is 13.3 Å². The largest absolute Gasteiger partial charge is 0.528 e. The van der Waals surface area contributed by atoms with Gasteiger partial charge in [0.25, 0.3) is 0 Å². The Morgan fingerprint density at radius 1 is 0.750 bits per heavy atom. The Labute approximate surface area is 175 Å². The molecule has 0 aromatic rings. The van der Waals surface area contributed by atoms with Gasteiger partial charge in [-0.15, -0.1) is 0 Å². The fourth-order valence-corrected chi connectivity index (χ4v) is 8.99.